The summed E-state index contributed by atoms with van der Waals surface area (Å²) in [6.07, 6.45) is -3.78. The molecule has 1 aromatic rings. The van der Waals surface area contributed by atoms with Gasteiger partial charge in [-0.3, -0.25) is 4.79 Å². The summed E-state index contributed by atoms with van der Waals surface area (Å²) in [6, 6.07) is 3.09. The summed E-state index contributed by atoms with van der Waals surface area (Å²) < 4.78 is 63.6. The molecule has 1 aliphatic heterocycles. The Labute approximate surface area is 138 Å². The van der Waals surface area contributed by atoms with Crippen molar-refractivity contribution in [2.45, 2.75) is 24.3 Å². The highest BCUT2D eigenvalue weighted by Crippen LogP contribution is 2.28. The van der Waals surface area contributed by atoms with Gasteiger partial charge in [0.25, 0.3) is 5.91 Å². The minimum Gasteiger partial charge on any atom is -0.336 e. The molecule has 0 aromatic carbocycles. The fourth-order valence-corrected chi connectivity index (χ4v) is 3.97. The van der Waals surface area contributed by atoms with Gasteiger partial charge in [-0.05, 0) is 25.0 Å². The van der Waals surface area contributed by atoms with Crippen molar-refractivity contribution in [3.05, 3.63) is 29.6 Å². The van der Waals surface area contributed by atoms with Gasteiger partial charge in [-0.15, -0.1) is 0 Å². The number of alkyl halides is 3. The largest absolute Gasteiger partial charge is 0.433 e. The Bertz CT molecular complexity index is 719. The monoisotopic (exact) mass is 365 g/mol. The number of hydrogen-bond donors (Lipinski definition) is 0. The third-order valence-corrected chi connectivity index (χ3v) is 6.10. The topological polar surface area (TPSA) is 70.6 Å². The molecule has 1 aliphatic rings. The maximum Gasteiger partial charge on any atom is 0.433 e. The third-order valence-electron chi connectivity index (χ3n) is 3.85. The molecule has 1 amide bonds. The van der Waals surface area contributed by atoms with Gasteiger partial charge >= 0.3 is 6.18 Å². The third kappa shape index (κ3) is 3.86. The van der Waals surface area contributed by atoms with Gasteiger partial charge in [0.2, 0.25) is 10.0 Å². The van der Waals surface area contributed by atoms with Gasteiger partial charge in [0, 0.05) is 27.2 Å². The number of piperidine rings is 1. The molecule has 24 heavy (non-hydrogen) atoms. The van der Waals surface area contributed by atoms with Crippen molar-refractivity contribution in [1.29, 1.82) is 0 Å². The van der Waals surface area contributed by atoms with Crippen molar-refractivity contribution in [3.8, 4) is 0 Å². The molecule has 10 heteroatoms. The molecule has 1 aromatic heterocycles. The SMILES string of the molecule is CN(C)S(=O)(=O)C1CCCN(C(=O)c2cccc(C(F)(F)F)n2)C1. The van der Waals surface area contributed by atoms with Crippen molar-refractivity contribution in [3.63, 3.8) is 0 Å². The molecule has 2 heterocycles. The molecule has 1 fully saturated rings. The van der Waals surface area contributed by atoms with Gasteiger partial charge in [-0.25, -0.2) is 17.7 Å². The van der Waals surface area contributed by atoms with Crippen LogP contribution in [0.15, 0.2) is 18.2 Å². The summed E-state index contributed by atoms with van der Waals surface area (Å²) in [4.78, 5) is 17.0. The van der Waals surface area contributed by atoms with Crippen LogP contribution in [0, 0.1) is 0 Å². The van der Waals surface area contributed by atoms with E-state index in [1.165, 1.54) is 25.1 Å². The van der Waals surface area contributed by atoms with Crippen molar-refractivity contribution >= 4 is 15.9 Å². The molecule has 0 spiro atoms. The summed E-state index contributed by atoms with van der Waals surface area (Å²) in [5.41, 5.74) is -1.49. The summed E-state index contributed by atoms with van der Waals surface area (Å²) in [7, 11) is -0.727. The van der Waals surface area contributed by atoms with Crippen LogP contribution in [0.2, 0.25) is 0 Å². The summed E-state index contributed by atoms with van der Waals surface area (Å²) in [5.74, 6) is -0.695. The lowest BCUT2D eigenvalue weighted by molar-refractivity contribution is -0.141. The van der Waals surface area contributed by atoms with Crippen molar-refractivity contribution in [2.75, 3.05) is 27.2 Å². The normalized spacial score (nSPS) is 19.6. The maximum atomic E-state index is 12.7. The zero-order valence-electron chi connectivity index (χ0n) is 13.2. The molecule has 1 unspecified atom stereocenters. The Morgan fingerprint density at radius 1 is 1.33 bits per heavy atom. The maximum absolute atomic E-state index is 12.7. The quantitative estimate of drug-likeness (QED) is 0.816. The number of halogens is 3. The Kier molecular flexibility index (Phi) is 5.19. The zero-order chi connectivity index (χ0) is 18.1. The second-order valence-corrected chi connectivity index (χ2v) is 8.18. The van der Waals surface area contributed by atoms with Gasteiger partial charge in [-0.2, -0.15) is 13.2 Å². The van der Waals surface area contributed by atoms with Gasteiger partial charge < -0.3 is 4.90 Å². The van der Waals surface area contributed by atoms with Crippen LogP contribution >= 0.6 is 0 Å². The minimum atomic E-state index is -4.64. The van der Waals surface area contributed by atoms with Crippen LogP contribution in [0.1, 0.15) is 29.0 Å². The number of nitrogens with zero attached hydrogens (tertiary/aromatic N) is 3. The van der Waals surface area contributed by atoms with Crippen LogP contribution in [0.3, 0.4) is 0 Å². The molecular weight excluding hydrogens is 347 g/mol. The molecule has 0 aliphatic carbocycles. The highest BCUT2D eigenvalue weighted by Gasteiger charge is 2.36. The minimum absolute atomic E-state index is 0.0583. The fraction of sp³-hybridized carbons (Fsp3) is 0.571. The highest BCUT2D eigenvalue weighted by atomic mass is 32.2. The Morgan fingerprint density at radius 3 is 2.58 bits per heavy atom. The van der Waals surface area contributed by atoms with Gasteiger partial charge in [-0.1, -0.05) is 6.07 Å². The Balaban J connectivity index is 2.21. The Hall–Kier alpha value is -1.68. The second-order valence-electron chi connectivity index (χ2n) is 5.75. The van der Waals surface area contributed by atoms with E-state index in [1.54, 1.807) is 0 Å². The summed E-state index contributed by atoms with van der Waals surface area (Å²) in [5, 5.41) is -0.768. The van der Waals surface area contributed by atoms with Crippen molar-refractivity contribution in [1.82, 2.24) is 14.2 Å². The predicted molar refractivity (Wildman–Crippen MR) is 80.8 cm³/mol. The van der Waals surface area contributed by atoms with Crippen LogP contribution in [0.5, 0.6) is 0 Å². The molecule has 134 valence electrons. The Morgan fingerprint density at radius 2 is 2.00 bits per heavy atom. The first-order valence-corrected chi connectivity index (χ1v) is 8.78. The standard InChI is InChI=1S/C14H18F3N3O3S/c1-19(2)24(22,23)10-5-4-8-20(9-10)13(21)11-6-3-7-12(18-11)14(15,16)17/h3,6-7,10H,4-5,8-9H2,1-2H3. The number of carbonyl (C=O) groups is 1. The van der Waals surface area contributed by atoms with Crippen LogP contribution in [0.4, 0.5) is 13.2 Å². The number of aromatic nitrogens is 1. The van der Waals surface area contributed by atoms with E-state index in [0.717, 1.165) is 16.4 Å². The van der Waals surface area contributed by atoms with E-state index < -0.39 is 33.1 Å². The molecular formula is C14H18F3N3O3S. The van der Waals surface area contributed by atoms with E-state index in [9.17, 15) is 26.4 Å². The zero-order valence-corrected chi connectivity index (χ0v) is 14.1. The number of hydrogen-bond acceptors (Lipinski definition) is 4. The molecule has 1 saturated heterocycles. The first kappa shape index (κ1) is 18.7. The summed E-state index contributed by atoms with van der Waals surface area (Å²) in [6.45, 7) is 0.230. The van der Waals surface area contributed by atoms with E-state index in [-0.39, 0.29) is 18.8 Å². The second kappa shape index (κ2) is 6.67. The lowest BCUT2D eigenvalue weighted by atomic mass is 10.1. The van der Waals surface area contributed by atoms with E-state index in [1.807, 2.05) is 0 Å². The molecule has 0 radical (unpaired) electrons. The van der Waals surface area contributed by atoms with E-state index in [0.29, 0.717) is 12.8 Å². The van der Waals surface area contributed by atoms with E-state index in [4.69, 9.17) is 0 Å². The van der Waals surface area contributed by atoms with Crippen LogP contribution in [-0.4, -0.2) is 60.9 Å². The smallest absolute Gasteiger partial charge is 0.336 e. The molecule has 1 atom stereocenters. The first-order chi connectivity index (χ1) is 11.0. The van der Waals surface area contributed by atoms with Crippen molar-refractivity contribution in [2.24, 2.45) is 0 Å². The number of sulfonamides is 1. The molecule has 2 rings (SSSR count). The fourth-order valence-electron chi connectivity index (χ4n) is 2.54. The van der Waals surface area contributed by atoms with Crippen LogP contribution in [-0.2, 0) is 16.2 Å². The lowest BCUT2D eigenvalue weighted by Gasteiger charge is -2.33. The number of amides is 1. The van der Waals surface area contributed by atoms with Crippen LogP contribution in [0.25, 0.3) is 0 Å². The summed E-state index contributed by atoms with van der Waals surface area (Å²) >= 11 is 0. The number of carbonyl (C=O) groups excluding carboxylic acids is 1. The van der Waals surface area contributed by atoms with Gasteiger partial charge in [0.05, 0.1) is 5.25 Å². The van der Waals surface area contributed by atoms with Gasteiger partial charge in [0.15, 0.2) is 0 Å². The molecule has 0 N–H and O–H groups in total. The molecule has 0 bridgehead atoms. The number of pyridine rings is 1. The average Bonchev–Trinajstić information content (AvgIpc) is 2.53. The van der Waals surface area contributed by atoms with Crippen LogP contribution < -0.4 is 0 Å². The van der Waals surface area contributed by atoms with E-state index in [2.05, 4.69) is 4.98 Å². The predicted octanol–water partition coefficient (Wildman–Crippen LogP) is 1.60. The lowest BCUT2D eigenvalue weighted by Crippen LogP contribution is -2.48. The number of likely N-dealkylation sites (tertiary alicyclic amines) is 1. The average molecular weight is 365 g/mol. The molecule has 6 nitrogen and oxygen atoms in total. The first-order valence-electron chi connectivity index (χ1n) is 7.28. The van der Waals surface area contributed by atoms with Crippen molar-refractivity contribution < 1.29 is 26.4 Å². The highest BCUT2D eigenvalue weighted by molar-refractivity contribution is 7.89. The molecule has 0 saturated carbocycles. The number of rotatable bonds is 3. The van der Waals surface area contributed by atoms with Gasteiger partial charge in [0.1, 0.15) is 11.4 Å². The van der Waals surface area contributed by atoms with E-state index >= 15 is 0 Å².